The van der Waals surface area contributed by atoms with E-state index in [9.17, 15) is 0 Å². The zero-order valence-corrected chi connectivity index (χ0v) is 7.61. The van der Waals surface area contributed by atoms with E-state index in [-0.39, 0.29) is 0 Å². The SMILES string of the molecule is NCCOCOCc1ccccc1. The van der Waals surface area contributed by atoms with Gasteiger partial charge in [0.1, 0.15) is 6.79 Å². The molecule has 3 nitrogen and oxygen atoms in total. The summed E-state index contributed by atoms with van der Waals surface area (Å²) in [5.41, 5.74) is 6.39. The number of rotatable bonds is 6. The molecule has 0 fully saturated rings. The van der Waals surface area contributed by atoms with Crippen molar-refractivity contribution < 1.29 is 9.47 Å². The molecule has 0 aromatic heterocycles. The predicted octanol–water partition coefficient (Wildman–Crippen LogP) is 1.14. The van der Waals surface area contributed by atoms with Crippen LogP contribution in [0.1, 0.15) is 5.56 Å². The zero-order chi connectivity index (χ0) is 9.36. The van der Waals surface area contributed by atoms with E-state index in [0.29, 0.717) is 26.6 Å². The van der Waals surface area contributed by atoms with E-state index >= 15 is 0 Å². The van der Waals surface area contributed by atoms with Crippen molar-refractivity contribution >= 4 is 0 Å². The lowest BCUT2D eigenvalue weighted by atomic mass is 10.2. The maximum absolute atomic E-state index is 5.24. The summed E-state index contributed by atoms with van der Waals surface area (Å²) in [6.07, 6.45) is 0. The minimum absolute atomic E-state index is 0.312. The van der Waals surface area contributed by atoms with Gasteiger partial charge in [-0.25, -0.2) is 0 Å². The van der Waals surface area contributed by atoms with Crippen LogP contribution in [-0.2, 0) is 16.1 Å². The normalized spacial score (nSPS) is 10.2. The molecule has 1 aromatic rings. The van der Waals surface area contributed by atoms with Gasteiger partial charge in [0, 0.05) is 6.54 Å². The molecule has 0 heterocycles. The van der Waals surface area contributed by atoms with Crippen LogP contribution in [0.4, 0.5) is 0 Å². The Morgan fingerprint density at radius 1 is 1.08 bits per heavy atom. The molecule has 0 bridgehead atoms. The van der Waals surface area contributed by atoms with E-state index in [0.717, 1.165) is 5.56 Å². The Balaban J connectivity index is 2.07. The lowest BCUT2D eigenvalue weighted by Crippen LogP contribution is -2.10. The van der Waals surface area contributed by atoms with Crippen molar-refractivity contribution in [3.8, 4) is 0 Å². The summed E-state index contributed by atoms with van der Waals surface area (Å²) in [5, 5.41) is 0. The van der Waals surface area contributed by atoms with Gasteiger partial charge in [-0.15, -0.1) is 0 Å². The summed E-state index contributed by atoms with van der Waals surface area (Å²) in [6.45, 7) is 1.99. The standard InChI is InChI=1S/C10H15NO2/c11-6-7-12-9-13-8-10-4-2-1-3-5-10/h1-5H,6-9,11H2. The first-order chi connectivity index (χ1) is 6.43. The average molecular weight is 181 g/mol. The molecule has 3 heteroatoms. The summed E-state index contributed by atoms with van der Waals surface area (Å²) in [6, 6.07) is 9.99. The molecule has 0 spiro atoms. The van der Waals surface area contributed by atoms with Gasteiger partial charge in [-0.2, -0.15) is 0 Å². The Morgan fingerprint density at radius 3 is 2.54 bits per heavy atom. The van der Waals surface area contributed by atoms with Crippen molar-refractivity contribution in [2.24, 2.45) is 5.73 Å². The quantitative estimate of drug-likeness (QED) is 0.528. The molecular weight excluding hydrogens is 166 g/mol. The van der Waals surface area contributed by atoms with Gasteiger partial charge in [0.2, 0.25) is 0 Å². The summed E-state index contributed by atoms with van der Waals surface area (Å²) in [5.74, 6) is 0. The van der Waals surface area contributed by atoms with E-state index in [1.807, 2.05) is 30.3 Å². The highest BCUT2D eigenvalue weighted by atomic mass is 16.7. The van der Waals surface area contributed by atoms with Crippen molar-refractivity contribution in [2.75, 3.05) is 19.9 Å². The largest absolute Gasteiger partial charge is 0.354 e. The molecular formula is C10H15NO2. The fourth-order valence-electron chi connectivity index (χ4n) is 0.935. The highest BCUT2D eigenvalue weighted by molar-refractivity contribution is 5.13. The van der Waals surface area contributed by atoms with Crippen LogP contribution < -0.4 is 5.73 Å². The van der Waals surface area contributed by atoms with Crippen LogP contribution in [0.2, 0.25) is 0 Å². The second-order valence-corrected chi connectivity index (χ2v) is 2.65. The number of hydrogen-bond acceptors (Lipinski definition) is 3. The number of nitrogens with two attached hydrogens (primary N) is 1. The fraction of sp³-hybridized carbons (Fsp3) is 0.400. The third-order valence-corrected chi connectivity index (χ3v) is 1.54. The molecule has 0 atom stereocenters. The maximum atomic E-state index is 5.24. The Kier molecular flexibility index (Phi) is 5.17. The zero-order valence-electron chi connectivity index (χ0n) is 7.61. The monoisotopic (exact) mass is 181 g/mol. The second-order valence-electron chi connectivity index (χ2n) is 2.65. The Morgan fingerprint density at radius 2 is 1.85 bits per heavy atom. The van der Waals surface area contributed by atoms with Crippen LogP contribution in [0.25, 0.3) is 0 Å². The van der Waals surface area contributed by atoms with Crippen LogP contribution in [0, 0.1) is 0 Å². The molecule has 13 heavy (non-hydrogen) atoms. The van der Waals surface area contributed by atoms with Gasteiger partial charge < -0.3 is 15.2 Å². The van der Waals surface area contributed by atoms with Crippen molar-refractivity contribution in [2.45, 2.75) is 6.61 Å². The molecule has 0 saturated carbocycles. The van der Waals surface area contributed by atoms with Gasteiger partial charge in [0.25, 0.3) is 0 Å². The Hall–Kier alpha value is -0.900. The predicted molar refractivity (Wildman–Crippen MR) is 51.1 cm³/mol. The second kappa shape index (κ2) is 6.60. The lowest BCUT2D eigenvalue weighted by molar-refractivity contribution is -0.0588. The number of benzene rings is 1. The molecule has 0 unspecified atom stereocenters. The van der Waals surface area contributed by atoms with Gasteiger partial charge in [0.15, 0.2) is 0 Å². The molecule has 72 valence electrons. The Labute approximate surface area is 78.5 Å². The van der Waals surface area contributed by atoms with Crippen LogP contribution in [0.3, 0.4) is 0 Å². The van der Waals surface area contributed by atoms with Crippen LogP contribution in [0.15, 0.2) is 30.3 Å². The van der Waals surface area contributed by atoms with Crippen LogP contribution >= 0.6 is 0 Å². The Bertz CT molecular complexity index is 213. The van der Waals surface area contributed by atoms with Crippen LogP contribution in [0.5, 0.6) is 0 Å². The average Bonchev–Trinajstić information content (AvgIpc) is 2.19. The molecule has 0 amide bonds. The van der Waals surface area contributed by atoms with E-state index < -0.39 is 0 Å². The summed E-state index contributed by atoms with van der Waals surface area (Å²) < 4.78 is 10.3. The first-order valence-electron chi connectivity index (χ1n) is 4.33. The van der Waals surface area contributed by atoms with E-state index in [1.165, 1.54) is 0 Å². The molecule has 1 aromatic carbocycles. The molecule has 2 N–H and O–H groups in total. The number of ether oxygens (including phenoxy) is 2. The van der Waals surface area contributed by atoms with Gasteiger partial charge in [-0.3, -0.25) is 0 Å². The highest BCUT2D eigenvalue weighted by Crippen LogP contribution is 1.99. The summed E-state index contributed by atoms with van der Waals surface area (Å²) >= 11 is 0. The van der Waals surface area contributed by atoms with Crippen molar-refractivity contribution in [1.29, 1.82) is 0 Å². The third kappa shape index (κ3) is 4.62. The molecule has 1 rings (SSSR count). The first kappa shape index (κ1) is 10.2. The molecule has 0 aliphatic rings. The first-order valence-corrected chi connectivity index (χ1v) is 4.33. The van der Waals surface area contributed by atoms with Crippen molar-refractivity contribution in [3.63, 3.8) is 0 Å². The maximum Gasteiger partial charge on any atom is 0.147 e. The molecule has 0 aliphatic carbocycles. The smallest absolute Gasteiger partial charge is 0.147 e. The molecule has 0 aliphatic heterocycles. The topological polar surface area (TPSA) is 44.5 Å². The fourth-order valence-corrected chi connectivity index (χ4v) is 0.935. The number of hydrogen-bond donors (Lipinski definition) is 1. The lowest BCUT2D eigenvalue weighted by Gasteiger charge is -2.04. The summed E-state index contributed by atoms with van der Waals surface area (Å²) in [7, 11) is 0. The minimum atomic E-state index is 0.312. The van der Waals surface area contributed by atoms with E-state index in [1.54, 1.807) is 0 Å². The minimum Gasteiger partial charge on any atom is -0.354 e. The molecule has 0 saturated heterocycles. The van der Waals surface area contributed by atoms with Gasteiger partial charge in [-0.05, 0) is 5.56 Å². The highest BCUT2D eigenvalue weighted by Gasteiger charge is 1.90. The van der Waals surface area contributed by atoms with Crippen molar-refractivity contribution in [1.82, 2.24) is 0 Å². The van der Waals surface area contributed by atoms with E-state index in [4.69, 9.17) is 15.2 Å². The molecule has 0 radical (unpaired) electrons. The summed E-state index contributed by atoms with van der Waals surface area (Å²) in [4.78, 5) is 0. The van der Waals surface area contributed by atoms with E-state index in [2.05, 4.69) is 0 Å². The van der Waals surface area contributed by atoms with Gasteiger partial charge in [-0.1, -0.05) is 30.3 Å². The van der Waals surface area contributed by atoms with Crippen molar-refractivity contribution in [3.05, 3.63) is 35.9 Å². The van der Waals surface area contributed by atoms with Gasteiger partial charge in [0.05, 0.1) is 13.2 Å². The van der Waals surface area contributed by atoms with Gasteiger partial charge >= 0.3 is 0 Å². The van der Waals surface area contributed by atoms with Crippen LogP contribution in [-0.4, -0.2) is 19.9 Å². The third-order valence-electron chi connectivity index (χ3n) is 1.54.